The molecular weight excluding hydrogens is 288 g/mol. The van der Waals surface area contributed by atoms with Gasteiger partial charge in [-0.2, -0.15) is 0 Å². The molecule has 0 aromatic carbocycles. The Hall–Kier alpha value is 0. The summed E-state index contributed by atoms with van der Waals surface area (Å²) in [5.74, 6) is 5.40. The van der Waals surface area contributed by atoms with Gasteiger partial charge in [0.2, 0.25) is 0 Å². The third-order valence-corrected chi connectivity index (χ3v) is 8.05. The second kappa shape index (κ2) is 10.2. The molecule has 3 aliphatic carbocycles. The summed E-state index contributed by atoms with van der Waals surface area (Å²) in [7, 11) is 0. The number of hydrogen-bond donors (Lipinski definition) is 0. The molecule has 0 radical (unpaired) electrons. The van der Waals surface area contributed by atoms with E-state index in [9.17, 15) is 0 Å². The van der Waals surface area contributed by atoms with Crippen LogP contribution in [0, 0.1) is 29.6 Å². The van der Waals surface area contributed by atoms with Crippen LogP contribution >= 0.6 is 0 Å². The predicted octanol–water partition coefficient (Wildman–Crippen LogP) is 8.15. The van der Waals surface area contributed by atoms with Crippen molar-refractivity contribution in [3.8, 4) is 0 Å². The van der Waals surface area contributed by atoms with Gasteiger partial charge in [-0.25, -0.2) is 0 Å². The third-order valence-electron chi connectivity index (χ3n) is 8.05. The molecule has 3 aliphatic rings. The lowest BCUT2D eigenvalue weighted by molar-refractivity contribution is 0.138. The van der Waals surface area contributed by atoms with E-state index in [0.29, 0.717) is 0 Å². The Morgan fingerprint density at radius 3 is 1.88 bits per heavy atom. The maximum Gasteiger partial charge on any atom is -0.0357 e. The molecule has 24 heavy (non-hydrogen) atoms. The zero-order valence-electron chi connectivity index (χ0n) is 16.6. The Kier molecular flexibility index (Phi) is 8.00. The van der Waals surface area contributed by atoms with E-state index in [1.807, 2.05) is 0 Å². The first-order chi connectivity index (χ1) is 11.8. The second-order valence-electron chi connectivity index (χ2n) is 9.87. The Bertz CT molecular complexity index is 319. The molecule has 0 spiro atoms. The molecule has 0 bridgehead atoms. The van der Waals surface area contributed by atoms with E-state index < -0.39 is 0 Å². The molecule has 2 unspecified atom stereocenters. The van der Waals surface area contributed by atoms with Crippen molar-refractivity contribution in [3.05, 3.63) is 0 Å². The van der Waals surface area contributed by atoms with Crippen LogP contribution in [0.1, 0.15) is 122 Å². The third kappa shape index (κ3) is 5.77. The van der Waals surface area contributed by atoms with Crippen molar-refractivity contribution >= 4 is 0 Å². The summed E-state index contributed by atoms with van der Waals surface area (Å²) in [6.07, 6.45) is 27.8. The van der Waals surface area contributed by atoms with Crippen LogP contribution in [0.4, 0.5) is 0 Å². The maximum atomic E-state index is 2.47. The summed E-state index contributed by atoms with van der Waals surface area (Å²) in [4.78, 5) is 0. The van der Waals surface area contributed by atoms with Crippen LogP contribution in [0.2, 0.25) is 0 Å². The highest BCUT2D eigenvalue weighted by molar-refractivity contribution is 4.82. The van der Waals surface area contributed by atoms with E-state index in [2.05, 4.69) is 6.92 Å². The molecule has 2 atom stereocenters. The Balaban J connectivity index is 1.55. The molecular formula is C24H44. The normalized spacial score (nSPS) is 37.4. The fraction of sp³-hybridized carbons (Fsp3) is 1.00. The second-order valence-corrected chi connectivity index (χ2v) is 9.87. The quantitative estimate of drug-likeness (QED) is 0.487. The SMILES string of the molecule is CC1CCC(CCC2CCCCCCCC2C2CCCCC2)CC1. The van der Waals surface area contributed by atoms with E-state index in [0.717, 1.165) is 29.6 Å². The molecule has 3 fully saturated rings. The van der Waals surface area contributed by atoms with Crippen molar-refractivity contribution in [3.63, 3.8) is 0 Å². The van der Waals surface area contributed by atoms with Crippen LogP contribution in [-0.4, -0.2) is 0 Å². The van der Waals surface area contributed by atoms with E-state index >= 15 is 0 Å². The minimum Gasteiger partial charge on any atom is -0.0625 e. The van der Waals surface area contributed by atoms with Crippen molar-refractivity contribution < 1.29 is 0 Å². The highest BCUT2D eigenvalue weighted by Crippen LogP contribution is 2.43. The van der Waals surface area contributed by atoms with Gasteiger partial charge in [-0.05, 0) is 42.4 Å². The summed E-state index contributed by atoms with van der Waals surface area (Å²) < 4.78 is 0. The first-order valence-electron chi connectivity index (χ1n) is 11.8. The van der Waals surface area contributed by atoms with Gasteiger partial charge in [-0.15, -0.1) is 0 Å². The van der Waals surface area contributed by atoms with Crippen molar-refractivity contribution in [2.75, 3.05) is 0 Å². The van der Waals surface area contributed by atoms with Crippen molar-refractivity contribution in [1.82, 2.24) is 0 Å². The lowest BCUT2D eigenvalue weighted by atomic mass is 9.68. The van der Waals surface area contributed by atoms with Gasteiger partial charge < -0.3 is 0 Å². The maximum absolute atomic E-state index is 2.47. The lowest BCUT2D eigenvalue weighted by Gasteiger charge is -2.37. The van der Waals surface area contributed by atoms with Crippen molar-refractivity contribution in [2.45, 2.75) is 122 Å². The average molecular weight is 333 g/mol. The van der Waals surface area contributed by atoms with Crippen LogP contribution in [0.3, 0.4) is 0 Å². The minimum absolute atomic E-state index is 1.01. The number of rotatable bonds is 4. The zero-order chi connectivity index (χ0) is 16.6. The molecule has 0 aliphatic heterocycles. The molecule has 0 heteroatoms. The Morgan fingerprint density at radius 2 is 1.12 bits per heavy atom. The zero-order valence-corrected chi connectivity index (χ0v) is 16.6. The van der Waals surface area contributed by atoms with E-state index in [1.54, 1.807) is 57.8 Å². The smallest absolute Gasteiger partial charge is 0.0357 e. The minimum atomic E-state index is 1.01. The summed E-state index contributed by atoms with van der Waals surface area (Å²) in [6, 6.07) is 0. The molecule has 0 N–H and O–H groups in total. The molecule has 3 rings (SSSR count). The van der Waals surface area contributed by atoms with Gasteiger partial charge in [0.25, 0.3) is 0 Å². The predicted molar refractivity (Wildman–Crippen MR) is 106 cm³/mol. The fourth-order valence-electron chi connectivity index (χ4n) is 6.38. The van der Waals surface area contributed by atoms with E-state index in [1.165, 1.54) is 57.8 Å². The van der Waals surface area contributed by atoms with Gasteiger partial charge in [-0.3, -0.25) is 0 Å². The van der Waals surface area contributed by atoms with Crippen LogP contribution in [0.15, 0.2) is 0 Å². The lowest BCUT2D eigenvalue weighted by Crippen LogP contribution is -2.26. The molecule has 0 nitrogen and oxygen atoms in total. The monoisotopic (exact) mass is 332 g/mol. The summed E-state index contributed by atoms with van der Waals surface area (Å²) in [5.41, 5.74) is 0. The molecule has 0 aromatic rings. The van der Waals surface area contributed by atoms with Crippen molar-refractivity contribution in [1.29, 1.82) is 0 Å². The standard InChI is InChI=1S/C24H44/c1-20-14-16-21(17-15-20)18-19-23-12-6-3-2-4-9-13-24(23)22-10-7-5-8-11-22/h20-24H,2-19H2,1H3. The van der Waals surface area contributed by atoms with Gasteiger partial charge in [-0.1, -0.05) is 110 Å². The Labute approximate surface area is 152 Å². The van der Waals surface area contributed by atoms with Gasteiger partial charge in [0.1, 0.15) is 0 Å². The Morgan fingerprint density at radius 1 is 0.542 bits per heavy atom. The fourth-order valence-corrected chi connectivity index (χ4v) is 6.38. The highest BCUT2D eigenvalue weighted by Gasteiger charge is 2.31. The van der Waals surface area contributed by atoms with E-state index in [4.69, 9.17) is 0 Å². The molecule has 0 saturated heterocycles. The topological polar surface area (TPSA) is 0 Å². The largest absolute Gasteiger partial charge is 0.0625 e. The summed E-state index contributed by atoms with van der Waals surface area (Å²) in [5, 5.41) is 0. The van der Waals surface area contributed by atoms with Gasteiger partial charge in [0, 0.05) is 0 Å². The molecule has 0 amide bonds. The van der Waals surface area contributed by atoms with E-state index in [-0.39, 0.29) is 0 Å². The van der Waals surface area contributed by atoms with Gasteiger partial charge >= 0.3 is 0 Å². The molecule has 0 heterocycles. The summed E-state index contributed by atoms with van der Waals surface area (Å²) >= 11 is 0. The van der Waals surface area contributed by atoms with Crippen molar-refractivity contribution in [2.24, 2.45) is 29.6 Å². The first kappa shape index (κ1) is 18.8. The highest BCUT2D eigenvalue weighted by atomic mass is 14.4. The molecule has 0 aromatic heterocycles. The average Bonchev–Trinajstić information content (AvgIpc) is 2.74. The molecule has 140 valence electrons. The molecule has 3 saturated carbocycles. The van der Waals surface area contributed by atoms with Gasteiger partial charge in [0.05, 0.1) is 0 Å². The van der Waals surface area contributed by atoms with Crippen LogP contribution in [0.5, 0.6) is 0 Å². The van der Waals surface area contributed by atoms with Crippen LogP contribution in [0.25, 0.3) is 0 Å². The van der Waals surface area contributed by atoms with Crippen LogP contribution in [-0.2, 0) is 0 Å². The van der Waals surface area contributed by atoms with Crippen LogP contribution < -0.4 is 0 Å². The first-order valence-corrected chi connectivity index (χ1v) is 11.8. The number of hydrogen-bond acceptors (Lipinski definition) is 0. The van der Waals surface area contributed by atoms with Gasteiger partial charge in [0.15, 0.2) is 0 Å². The summed E-state index contributed by atoms with van der Waals surface area (Å²) in [6.45, 7) is 2.47.